The van der Waals surface area contributed by atoms with Gasteiger partial charge in [-0.15, -0.1) is 0 Å². The van der Waals surface area contributed by atoms with E-state index in [1.165, 1.54) is 154 Å². The third kappa shape index (κ3) is 34.9. The number of aliphatic hydroxyl groups is 1. The maximum Gasteiger partial charge on any atom is 0.469 e. The average Bonchev–Trinajstić information content (AvgIpc) is 3.02. The summed E-state index contributed by atoms with van der Waals surface area (Å²) in [4.78, 5) is 30.8. The first-order chi connectivity index (χ1) is 22.3. The monoisotopic (exact) mass is 676 g/mol. The Kier molecular flexibility index (Phi) is 34.1. The summed E-state index contributed by atoms with van der Waals surface area (Å²) < 4.78 is 15.9. The van der Waals surface area contributed by atoms with Crippen LogP contribution in [0.1, 0.15) is 219 Å². The van der Waals surface area contributed by atoms with Crippen LogP contribution in [-0.2, 0) is 13.9 Å². The van der Waals surface area contributed by atoms with E-state index in [-0.39, 0.29) is 5.91 Å². The zero-order chi connectivity index (χ0) is 34.0. The van der Waals surface area contributed by atoms with Gasteiger partial charge in [-0.3, -0.25) is 9.32 Å². The molecule has 7 nitrogen and oxygen atoms in total. The van der Waals surface area contributed by atoms with Crippen LogP contribution < -0.4 is 5.32 Å². The number of carbonyl (C=O) groups is 1. The zero-order valence-corrected chi connectivity index (χ0v) is 31.4. The van der Waals surface area contributed by atoms with Crippen LogP contribution in [0.15, 0.2) is 0 Å². The quantitative estimate of drug-likeness (QED) is 0.0385. The third-order valence-electron chi connectivity index (χ3n) is 9.34. The summed E-state index contributed by atoms with van der Waals surface area (Å²) >= 11 is 0. The average molecular weight is 676 g/mol. The second-order valence-corrected chi connectivity index (χ2v) is 15.2. The lowest BCUT2D eigenvalue weighted by atomic mass is 10.0. The Morgan fingerprint density at radius 1 is 0.543 bits per heavy atom. The van der Waals surface area contributed by atoms with Crippen molar-refractivity contribution in [3.05, 3.63) is 0 Å². The van der Waals surface area contributed by atoms with Crippen molar-refractivity contribution in [2.75, 3.05) is 6.61 Å². The van der Waals surface area contributed by atoms with Crippen molar-refractivity contribution in [1.82, 2.24) is 5.32 Å². The van der Waals surface area contributed by atoms with Crippen molar-refractivity contribution < 1.29 is 28.8 Å². The largest absolute Gasteiger partial charge is 0.469 e. The molecule has 1 amide bonds. The minimum Gasteiger partial charge on any atom is -0.391 e. The summed E-state index contributed by atoms with van der Waals surface area (Å²) in [5.74, 6) is -0.190. The predicted octanol–water partition coefficient (Wildman–Crippen LogP) is 11.5. The van der Waals surface area contributed by atoms with Crippen LogP contribution in [0.3, 0.4) is 0 Å². The first kappa shape index (κ1) is 45.5. The number of carbonyl (C=O) groups excluding carboxylic acids is 1. The molecule has 46 heavy (non-hydrogen) atoms. The number of phosphoric ester groups is 1. The van der Waals surface area contributed by atoms with Crippen molar-refractivity contribution in [1.29, 1.82) is 0 Å². The molecule has 0 aromatic heterocycles. The van der Waals surface area contributed by atoms with Gasteiger partial charge >= 0.3 is 7.82 Å². The fourth-order valence-corrected chi connectivity index (χ4v) is 6.64. The molecule has 0 unspecified atom stereocenters. The number of rotatable bonds is 37. The SMILES string of the molecule is CCCCCCCCCCCCCCCCCCC(=O)N[C@@H](COP(=O)(O)O)[C@H](O)CCCCCCCCCCCCCCCC. The Morgan fingerprint density at radius 3 is 1.17 bits per heavy atom. The number of aliphatic hydroxyl groups excluding tert-OH is 1. The molecular formula is C38H78NO6P. The molecule has 0 radical (unpaired) electrons. The molecule has 0 aliphatic carbocycles. The van der Waals surface area contributed by atoms with Crippen LogP contribution in [0.2, 0.25) is 0 Å². The number of nitrogens with one attached hydrogen (secondary N) is 1. The van der Waals surface area contributed by atoms with Crippen molar-refractivity contribution in [3.8, 4) is 0 Å². The number of phosphoric acid groups is 1. The van der Waals surface area contributed by atoms with E-state index >= 15 is 0 Å². The van der Waals surface area contributed by atoms with Crippen molar-refractivity contribution in [2.24, 2.45) is 0 Å². The predicted molar refractivity (Wildman–Crippen MR) is 195 cm³/mol. The Morgan fingerprint density at radius 2 is 0.848 bits per heavy atom. The molecule has 8 heteroatoms. The lowest BCUT2D eigenvalue weighted by molar-refractivity contribution is -0.123. The summed E-state index contributed by atoms with van der Waals surface area (Å²) in [6, 6.07) is -0.817. The van der Waals surface area contributed by atoms with Gasteiger partial charge in [0.25, 0.3) is 0 Å². The van der Waals surface area contributed by atoms with E-state index in [0.717, 1.165) is 38.5 Å². The molecule has 0 aliphatic rings. The molecule has 2 atom stereocenters. The molecule has 0 aliphatic heterocycles. The zero-order valence-electron chi connectivity index (χ0n) is 30.5. The van der Waals surface area contributed by atoms with E-state index in [2.05, 4.69) is 23.7 Å². The van der Waals surface area contributed by atoms with E-state index in [1.807, 2.05) is 0 Å². The summed E-state index contributed by atoms with van der Waals surface area (Å²) in [7, 11) is -4.68. The highest BCUT2D eigenvalue weighted by molar-refractivity contribution is 7.46. The normalized spacial score (nSPS) is 13.2. The van der Waals surface area contributed by atoms with Gasteiger partial charge < -0.3 is 20.2 Å². The highest BCUT2D eigenvalue weighted by Crippen LogP contribution is 2.36. The van der Waals surface area contributed by atoms with Gasteiger partial charge in [0.1, 0.15) is 0 Å². The van der Waals surface area contributed by atoms with Gasteiger partial charge in [0.05, 0.1) is 18.8 Å². The molecule has 4 N–H and O–H groups in total. The summed E-state index contributed by atoms with van der Waals surface area (Å²) in [5.41, 5.74) is 0. The van der Waals surface area contributed by atoms with Crippen LogP contribution in [0, 0.1) is 0 Å². The van der Waals surface area contributed by atoms with Crippen LogP contribution in [0.5, 0.6) is 0 Å². The smallest absolute Gasteiger partial charge is 0.391 e. The second kappa shape index (κ2) is 34.4. The Balaban J connectivity index is 3.91. The molecule has 0 fully saturated rings. The molecule has 0 aromatic carbocycles. The molecule has 0 spiro atoms. The van der Waals surface area contributed by atoms with Gasteiger partial charge in [0.15, 0.2) is 0 Å². The summed E-state index contributed by atoms with van der Waals surface area (Å²) in [6.07, 6.45) is 37.9. The second-order valence-electron chi connectivity index (χ2n) is 14.0. The maximum absolute atomic E-state index is 12.6. The fraction of sp³-hybridized carbons (Fsp3) is 0.974. The number of hydrogen-bond donors (Lipinski definition) is 4. The lowest BCUT2D eigenvalue weighted by Gasteiger charge is -2.24. The third-order valence-corrected chi connectivity index (χ3v) is 9.83. The topological polar surface area (TPSA) is 116 Å². The highest BCUT2D eigenvalue weighted by atomic mass is 31.2. The van der Waals surface area contributed by atoms with E-state index in [4.69, 9.17) is 9.79 Å². The summed E-state index contributed by atoms with van der Waals surface area (Å²) in [5, 5.41) is 13.5. The minimum absolute atomic E-state index is 0.190. The van der Waals surface area contributed by atoms with Crippen LogP contribution in [0.4, 0.5) is 0 Å². The first-order valence-corrected chi connectivity index (χ1v) is 21.5. The van der Waals surface area contributed by atoms with Gasteiger partial charge in [-0.25, -0.2) is 4.57 Å². The van der Waals surface area contributed by atoms with E-state index in [1.54, 1.807) is 0 Å². The van der Waals surface area contributed by atoms with Gasteiger partial charge in [0, 0.05) is 6.42 Å². The number of hydrogen-bond acceptors (Lipinski definition) is 4. The minimum atomic E-state index is -4.68. The molecule has 0 aromatic rings. The molecule has 0 saturated heterocycles. The van der Waals surface area contributed by atoms with Crippen molar-refractivity contribution in [3.63, 3.8) is 0 Å². The van der Waals surface area contributed by atoms with Crippen LogP contribution in [0.25, 0.3) is 0 Å². The molecular weight excluding hydrogens is 597 g/mol. The van der Waals surface area contributed by atoms with Gasteiger partial charge in [-0.1, -0.05) is 200 Å². The molecule has 276 valence electrons. The maximum atomic E-state index is 12.6. The molecule has 0 heterocycles. The lowest BCUT2D eigenvalue weighted by Crippen LogP contribution is -2.46. The summed E-state index contributed by atoms with van der Waals surface area (Å²) in [6.45, 7) is 4.13. The van der Waals surface area contributed by atoms with E-state index in [0.29, 0.717) is 12.8 Å². The fourth-order valence-electron chi connectivity index (χ4n) is 6.29. The number of unbranched alkanes of at least 4 members (excludes halogenated alkanes) is 28. The Bertz CT molecular complexity index is 688. The molecule has 0 saturated carbocycles. The van der Waals surface area contributed by atoms with Crippen molar-refractivity contribution in [2.45, 2.75) is 231 Å². The Labute approximate surface area is 285 Å². The first-order valence-electron chi connectivity index (χ1n) is 20.0. The van der Waals surface area contributed by atoms with E-state index in [9.17, 15) is 14.5 Å². The Hall–Kier alpha value is -0.460. The van der Waals surface area contributed by atoms with Gasteiger partial charge in [0.2, 0.25) is 5.91 Å². The highest BCUT2D eigenvalue weighted by Gasteiger charge is 2.25. The van der Waals surface area contributed by atoms with Gasteiger partial charge in [-0.05, 0) is 12.8 Å². The number of amides is 1. The van der Waals surface area contributed by atoms with Crippen molar-refractivity contribution >= 4 is 13.7 Å². The molecule has 0 bridgehead atoms. The van der Waals surface area contributed by atoms with Crippen LogP contribution in [-0.4, -0.2) is 39.6 Å². The molecule has 0 rings (SSSR count). The van der Waals surface area contributed by atoms with Crippen LogP contribution >= 0.6 is 7.82 Å². The standard InChI is InChI=1S/C38H78NO6P/c1-3-5-7-9-11-13-15-17-19-20-22-24-26-28-30-32-34-38(41)39-36(35-45-46(42,43)44)37(40)33-31-29-27-25-23-21-18-16-14-12-10-8-6-4-2/h36-37,40H,3-35H2,1-2H3,(H,39,41)(H2,42,43,44)/t36-,37+/m0/s1. The van der Waals surface area contributed by atoms with Gasteiger partial charge in [-0.2, -0.15) is 0 Å². The van der Waals surface area contributed by atoms with E-state index < -0.39 is 26.6 Å².